The Morgan fingerprint density at radius 1 is 1.05 bits per heavy atom. The lowest BCUT2D eigenvalue weighted by Crippen LogP contribution is -2.18. The summed E-state index contributed by atoms with van der Waals surface area (Å²) in [5.41, 5.74) is 0.815. The molecule has 1 aromatic rings. The van der Waals surface area contributed by atoms with Gasteiger partial charge in [-0.1, -0.05) is 57.2 Å². The van der Waals surface area contributed by atoms with Crippen LogP contribution in [0.5, 0.6) is 0 Å². The maximum absolute atomic E-state index is 11.6. The predicted octanol–water partition coefficient (Wildman–Crippen LogP) is 4.00. The van der Waals surface area contributed by atoms with Crippen molar-refractivity contribution in [3.8, 4) is 0 Å². The Balaban J connectivity index is 1.96. The normalized spacial score (nSPS) is 10.4. The number of anilines is 1. The predicted molar refractivity (Wildman–Crippen MR) is 79.3 cm³/mol. The summed E-state index contributed by atoms with van der Waals surface area (Å²) >= 11 is 0. The molecular weight excluding hydrogens is 238 g/mol. The van der Waals surface area contributed by atoms with Crippen LogP contribution in [-0.2, 0) is 9.53 Å². The maximum atomic E-state index is 11.6. The molecule has 0 bridgehead atoms. The topological polar surface area (TPSA) is 38.3 Å². The Hall–Kier alpha value is -1.35. The van der Waals surface area contributed by atoms with Crippen LogP contribution in [0.2, 0.25) is 0 Å². The van der Waals surface area contributed by atoms with Crippen LogP contribution in [0, 0.1) is 0 Å². The smallest absolute Gasteiger partial charge is 0.250 e. The van der Waals surface area contributed by atoms with Gasteiger partial charge in [0, 0.05) is 12.3 Å². The minimum atomic E-state index is -0.0859. The summed E-state index contributed by atoms with van der Waals surface area (Å²) < 4.78 is 5.36. The molecule has 0 atom stereocenters. The van der Waals surface area contributed by atoms with Gasteiger partial charge in [0.1, 0.15) is 6.61 Å². The first kappa shape index (κ1) is 15.7. The van der Waals surface area contributed by atoms with E-state index in [2.05, 4.69) is 12.2 Å². The van der Waals surface area contributed by atoms with Crippen molar-refractivity contribution in [3.05, 3.63) is 30.3 Å². The summed E-state index contributed by atoms with van der Waals surface area (Å²) in [7, 11) is 0. The number of para-hydroxylation sites is 1. The van der Waals surface area contributed by atoms with Gasteiger partial charge in [-0.15, -0.1) is 0 Å². The molecule has 1 amide bonds. The van der Waals surface area contributed by atoms with E-state index < -0.39 is 0 Å². The maximum Gasteiger partial charge on any atom is 0.250 e. The number of benzene rings is 1. The third-order valence-corrected chi connectivity index (χ3v) is 2.93. The van der Waals surface area contributed by atoms with E-state index in [-0.39, 0.29) is 12.5 Å². The van der Waals surface area contributed by atoms with Crippen molar-refractivity contribution in [1.82, 2.24) is 0 Å². The van der Waals surface area contributed by atoms with Crippen molar-refractivity contribution in [2.75, 3.05) is 18.5 Å². The molecule has 0 unspecified atom stereocenters. The molecule has 0 radical (unpaired) electrons. The van der Waals surface area contributed by atoms with Gasteiger partial charge in [-0.25, -0.2) is 0 Å². The number of amides is 1. The Kier molecular flexibility index (Phi) is 8.73. The van der Waals surface area contributed by atoms with Crippen LogP contribution in [0.4, 0.5) is 5.69 Å². The monoisotopic (exact) mass is 263 g/mol. The van der Waals surface area contributed by atoms with Gasteiger partial charge in [0.2, 0.25) is 5.91 Å². The summed E-state index contributed by atoms with van der Waals surface area (Å²) in [5, 5.41) is 2.80. The van der Waals surface area contributed by atoms with Crippen LogP contribution in [0.1, 0.15) is 45.4 Å². The van der Waals surface area contributed by atoms with Crippen molar-refractivity contribution in [1.29, 1.82) is 0 Å². The Morgan fingerprint density at radius 2 is 1.74 bits per heavy atom. The second-order valence-electron chi connectivity index (χ2n) is 4.73. The fourth-order valence-corrected chi connectivity index (χ4v) is 1.87. The van der Waals surface area contributed by atoms with Gasteiger partial charge in [0.15, 0.2) is 0 Å². The van der Waals surface area contributed by atoms with E-state index in [1.807, 2.05) is 30.3 Å². The molecule has 19 heavy (non-hydrogen) atoms. The summed E-state index contributed by atoms with van der Waals surface area (Å²) in [6, 6.07) is 9.45. The number of carbonyl (C=O) groups excluding carboxylic acids is 1. The summed E-state index contributed by atoms with van der Waals surface area (Å²) in [5.74, 6) is -0.0859. The molecule has 0 aliphatic heterocycles. The second kappa shape index (κ2) is 10.6. The van der Waals surface area contributed by atoms with E-state index in [4.69, 9.17) is 4.74 Å². The number of unbranched alkanes of at least 4 members (excludes halogenated alkanes) is 5. The largest absolute Gasteiger partial charge is 0.372 e. The van der Waals surface area contributed by atoms with Crippen LogP contribution in [0.15, 0.2) is 30.3 Å². The summed E-state index contributed by atoms with van der Waals surface area (Å²) in [6.45, 7) is 3.03. The highest BCUT2D eigenvalue weighted by molar-refractivity contribution is 5.91. The highest BCUT2D eigenvalue weighted by Crippen LogP contribution is 2.06. The van der Waals surface area contributed by atoms with Crippen LogP contribution >= 0.6 is 0 Å². The molecule has 0 spiro atoms. The van der Waals surface area contributed by atoms with Gasteiger partial charge in [-0.2, -0.15) is 0 Å². The quantitative estimate of drug-likeness (QED) is 0.648. The lowest BCUT2D eigenvalue weighted by molar-refractivity contribution is -0.120. The standard InChI is InChI=1S/C16H25NO2/c1-2-3-4-5-6-10-13-19-14-16(18)17-15-11-8-7-9-12-15/h7-9,11-12H,2-6,10,13-14H2,1H3,(H,17,18). The number of hydrogen-bond donors (Lipinski definition) is 1. The zero-order valence-electron chi connectivity index (χ0n) is 11.9. The lowest BCUT2D eigenvalue weighted by atomic mass is 10.1. The van der Waals surface area contributed by atoms with E-state index in [1.54, 1.807) is 0 Å². The SMILES string of the molecule is CCCCCCCCOCC(=O)Nc1ccccc1. The molecule has 1 rings (SSSR count). The van der Waals surface area contributed by atoms with Crippen molar-refractivity contribution in [3.63, 3.8) is 0 Å². The Labute approximate surface area is 116 Å². The molecule has 0 heterocycles. The first-order valence-electron chi connectivity index (χ1n) is 7.25. The van der Waals surface area contributed by atoms with Crippen molar-refractivity contribution in [2.24, 2.45) is 0 Å². The molecule has 1 N–H and O–H groups in total. The zero-order valence-corrected chi connectivity index (χ0v) is 11.9. The molecule has 106 valence electrons. The van der Waals surface area contributed by atoms with Crippen molar-refractivity contribution < 1.29 is 9.53 Å². The number of carbonyl (C=O) groups is 1. The minimum absolute atomic E-state index is 0.0859. The average molecular weight is 263 g/mol. The van der Waals surface area contributed by atoms with Gasteiger partial charge in [0.05, 0.1) is 0 Å². The van der Waals surface area contributed by atoms with E-state index in [1.165, 1.54) is 32.1 Å². The van der Waals surface area contributed by atoms with Crippen LogP contribution < -0.4 is 5.32 Å². The molecule has 0 aliphatic rings. The van der Waals surface area contributed by atoms with Crippen LogP contribution in [0.25, 0.3) is 0 Å². The van der Waals surface area contributed by atoms with Crippen molar-refractivity contribution in [2.45, 2.75) is 45.4 Å². The van der Waals surface area contributed by atoms with Gasteiger partial charge < -0.3 is 10.1 Å². The fourth-order valence-electron chi connectivity index (χ4n) is 1.87. The lowest BCUT2D eigenvalue weighted by Gasteiger charge is -2.06. The molecule has 0 aromatic heterocycles. The Bertz CT molecular complexity index is 338. The van der Waals surface area contributed by atoms with E-state index in [0.29, 0.717) is 6.61 Å². The highest BCUT2D eigenvalue weighted by atomic mass is 16.5. The van der Waals surface area contributed by atoms with E-state index in [0.717, 1.165) is 12.1 Å². The van der Waals surface area contributed by atoms with E-state index >= 15 is 0 Å². The molecule has 0 fully saturated rings. The first-order chi connectivity index (χ1) is 9.33. The third-order valence-electron chi connectivity index (χ3n) is 2.93. The van der Waals surface area contributed by atoms with Gasteiger partial charge in [0.25, 0.3) is 0 Å². The van der Waals surface area contributed by atoms with E-state index in [9.17, 15) is 4.79 Å². The highest BCUT2D eigenvalue weighted by Gasteiger charge is 2.01. The van der Waals surface area contributed by atoms with Crippen LogP contribution in [-0.4, -0.2) is 19.1 Å². The summed E-state index contributed by atoms with van der Waals surface area (Å²) in [4.78, 5) is 11.6. The zero-order chi connectivity index (χ0) is 13.8. The third kappa shape index (κ3) is 8.38. The fraction of sp³-hybridized carbons (Fsp3) is 0.562. The van der Waals surface area contributed by atoms with Gasteiger partial charge >= 0.3 is 0 Å². The van der Waals surface area contributed by atoms with Crippen LogP contribution in [0.3, 0.4) is 0 Å². The van der Waals surface area contributed by atoms with Gasteiger partial charge in [-0.3, -0.25) is 4.79 Å². The molecule has 0 saturated heterocycles. The molecule has 1 aromatic carbocycles. The van der Waals surface area contributed by atoms with Gasteiger partial charge in [-0.05, 0) is 18.6 Å². The second-order valence-corrected chi connectivity index (χ2v) is 4.73. The number of rotatable bonds is 10. The number of hydrogen-bond acceptors (Lipinski definition) is 2. The first-order valence-corrected chi connectivity index (χ1v) is 7.25. The molecule has 0 saturated carbocycles. The molecule has 0 aliphatic carbocycles. The average Bonchev–Trinajstić information content (AvgIpc) is 2.43. The minimum Gasteiger partial charge on any atom is -0.372 e. The number of nitrogens with one attached hydrogen (secondary N) is 1. The summed E-state index contributed by atoms with van der Waals surface area (Å²) in [6.07, 6.45) is 7.41. The molecular formula is C16H25NO2. The van der Waals surface area contributed by atoms with Crippen molar-refractivity contribution >= 4 is 11.6 Å². The molecule has 3 nitrogen and oxygen atoms in total. The number of ether oxygens (including phenoxy) is 1. The Morgan fingerprint density at radius 3 is 2.47 bits per heavy atom. The molecule has 3 heteroatoms.